The van der Waals surface area contributed by atoms with Gasteiger partial charge in [0.25, 0.3) is 5.91 Å². The molecule has 1 amide bonds. The highest BCUT2D eigenvalue weighted by Crippen LogP contribution is 2.32. The molecular formula is C26H25FN4O3S2. The van der Waals surface area contributed by atoms with E-state index < -0.39 is 15.8 Å². The second-order valence-electron chi connectivity index (χ2n) is 8.97. The summed E-state index contributed by atoms with van der Waals surface area (Å²) in [5, 5.41) is 0.350. The SMILES string of the molecule is CC1CCCN(S(=O)(=O)c2ccc(C(=O)N(Cc3cccnc3)c3nc4c(F)cccc4s3)cc2)C1. The van der Waals surface area contributed by atoms with Gasteiger partial charge in [-0.25, -0.2) is 17.8 Å². The van der Waals surface area contributed by atoms with Crippen LogP contribution in [-0.2, 0) is 16.6 Å². The number of hydrogen-bond donors (Lipinski definition) is 0. The summed E-state index contributed by atoms with van der Waals surface area (Å²) >= 11 is 1.22. The highest BCUT2D eigenvalue weighted by molar-refractivity contribution is 7.89. The standard InChI is InChI=1S/C26H25FN4O3S2/c1-18-5-4-14-30(16-18)36(33,34)21-11-9-20(10-12-21)25(32)31(17-19-6-3-13-28-15-19)26-29-24-22(27)7-2-8-23(24)35-26/h2-3,6-13,15,18H,4-5,14,16-17H2,1H3. The molecular weight excluding hydrogens is 499 g/mol. The molecule has 10 heteroatoms. The fourth-order valence-electron chi connectivity index (χ4n) is 4.36. The van der Waals surface area contributed by atoms with Gasteiger partial charge < -0.3 is 0 Å². The van der Waals surface area contributed by atoms with Crippen molar-refractivity contribution in [2.45, 2.75) is 31.2 Å². The fourth-order valence-corrected chi connectivity index (χ4v) is 6.93. The van der Waals surface area contributed by atoms with Gasteiger partial charge in [-0.15, -0.1) is 0 Å². The molecule has 3 heterocycles. The summed E-state index contributed by atoms with van der Waals surface area (Å²) in [5.41, 5.74) is 1.30. The van der Waals surface area contributed by atoms with Gasteiger partial charge in [-0.1, -0.05) is 30.4 Å². The van der Waals surface area contributed by atoms with E-state index in [9.17, 15) is 17.6 Å². The van der Waals surface area contributed by atoms with Crippen LogP contribution in [0.4, 0.5) is 9.52 Å². The molecule has 0 aliphatic carbocycles. The van der Waals surface area contributed by atoms with Crippen LogP contribution in [0.2, 0.25) is 0 Å². The summed E-state index contributed by atoms with van der Waals surface area (Å²) in [6.07, 6.45) is 5.15. The lowest BCUT2D eigenvalue weighted by Crippen LogP contribution is -2.39. The van der Waals surface area contributed by atoms with E-state index in [0.717, 1.165) is 18.4 Å². The quantitative estimate of drug-likeness (QED) is 0.351. The molecule has 1 aliphatic heterocycles. The van der Waals surface area contributed by atoms with Crippen LogP contribution < -0.4 is 4.90 Å². The van der Waals surface area contributed by atoms with Crippen molar-refractivity contribution in [1.82, 2.24) is 14.3 Å². The van der Waals surface area contributed by atoms with Crippen molar-refractivity contribution < 1.29 is 17.6 Å². The summed E-state index contributed by atoms with van der Waals surface area (Å²) in [7, 11) is -3.63. The van der Waals surface area contributed by atoms with E-state index >= 15 is 0 Å². The maximum atomic E-state index is 14.3. The Kier molecular flexibility index (Phi) is 6.83. The van der Waals surface area contributed by atoms with Crippen molar-refractivity contribution in [3.05, 3.63) is 83.9 Å². The van der Waals surface area contributed by atoms with Crippen LogP contribution in [-0.4, -0.2) is 41.7 Å². The second kappa shape index (κ2) is 10.0. The maximum absolute atomic E-state index is 14.3. The molecule has 4 aromatic rings. The average Bonchev–Trinajstić information content (AvgIpc) is 3.33. The first-order chi connectivity index (χ1) is 17.3. The molecule has 0 radical (unpaired) electrons. The lowest BCUT2D eigenvalue weighted by atomic mass is 10.0. The smallest absolute Gasteiger partial charge is 0.260 e. The third kappa shape index (κ3) is 4.88. The number of pyridine rings is 1. The summed E-state index contributed by atoms with van der Waals surface area (Å²) < 4.78 is 42.7. The number of nitrogens with zero attached hydrogens (tertiary/aromatic N) is 4. The van der Waals surface area contributed by atoms with E-state index in [1.54, 1.807) is 30.6 Å². The van der Waals surface area contributed by atoms with Crippen LogP contribution >= 0.6 is 11.3 Å². The third-order valence-corrected chi connectivity index (χ3v) is 9.18. The molecule has 0 N–H and O–H groups in total. The number of hydrogen-bond acceptors (Lipinski definition) is 6. The Morgan fingerprint density at radius 2 is 1.97 bits per heavy atom. The van der Waals surface area contributed by atoms with Gasteiger partial charge in [0.1, 0.15) is 11.3 Å². The van der Waals surface area contributed by atoms with E-state index in [-0.39, 0.29) is 22.9 Å². The number of para-hydroxylation sites is 1. The minimum atomic E-state index is -3.63. The van der Waals surface area contributed by atoms with Crippen LogP contribution in [0, 0.1) is 11.7 Å². The van der Waals surface area contributed by atoms with E-state index in [4.69, 9.17) is 0 Å². The number of piperidine rings is 1. The Bertz CT molecular complexity index is 1490. The molecule has 7 nitrogen and oxygen atoms in total. The molecule has 1 atom stereocenters. The molecule has 2 aromatic carbocycles. The van der Waals surface area contributed by atoms with Crippen molar-refractivity contribution in [3.63, 3.8) is 0 Å². The van der Waals surface area contributed by atoms with Crippen molar-refractivity contribution in [3.8, 4) is 0 Å². The number of fused-ring (bicyclic) bond motifs is 1. The molecule has 0 bridgehead atoms. The van der Waals surface area contributed by atoms with Gasteiger partial charge >= 0.3 is 0 Å². The molecule has 2 aromatic heterocycles. The lowest BCUT2D eigenvalue weighted by Gasteiger charge is -2.30. The van der Waals surface area contributed by atoms with Crippen LogP contribution in [0.3, 0.4) is 0 Å². The van der Waals surface area contributed by atoms with Crippen molar-refractivity contribution in [2.75, 3.05) is 18.0 Å². The van der Waals surface area contributed by atoms with Gasteiger partial charge in [-0.05, 0) is 66.8 Å². The molecule has 1 saturated heterocycles. The highest BCUT2D eigenvalue weighted by Gasteiger charge is 2.29. The molecule has 36 heavy (non-hydrogen) atoms. The van der Waals surface area contributed by atoms with Crippen LogP contribution in [0.15, 0.2) is 71.9 Å². The molecule has 186 valence electrons. The van der Waals surface area contributed by atoms with Crippen molar-refractivity contribution in [2.24, 2.45) is 5.92 Å². The number of anilines is 1. The number of thiazole rings is 1. The average molecular weight is 525 g/mol. The predicted molar refractivity (Wildman–Crippen MR) is 138 cm³/mol. The zero-order valence-corrected chi connectivity index (χ0v) is 21.3. The van der Waals surface area contributed by atoms with E-state index in [2.05, 4.69) is 9.97 Å². The number of aromatic nitrogens is 2. The summed E-state index contributed by atoms with van der Waals surface area (Å²) in [6, 6.07) is 14.3. The third-order valence-electron chi connectivity index (χ3n) is 6.26. The number of sulfonamides is 1. The Morgan fingerprint density at radius 3 is 2.67 bits per heavy atom. The summed E-state index contributed by atoms with van der Waals surface area (Å²) in [5.74, 6) is -0.506. The lowest BCUT2D eigenvalue weighted by molar-refractivity contribution is 0.0985. The minimum absolute atomic E-state index is 0.161. The normalized spacial score (nSPS) is 16.8. The van der Waals surface area contributed by atoms with Crippen LogP contribution in [0.25, 0.3) is 10.2 Å². The minimum Gasteiger partial charge on any atom is -0.279 e. The molecule has 0 spiro atoms. The van der Waals surface area contributed by atoms with Gasteiger partial charge in [-0.2, -0.15) is 4.31 Å². The molecule has 1 fully saturated rings. The summed E-state index contributed by atoms with van der Waals surface area (Å²) in [4.78, 5) is 23.8. The first kappa shape index (κ1) is 24.5. The maximum Gasteiger partial charge on any atom is 0.260 e. The van der Waals surface area contributed by atoms with E-state index in [1.807, 2.05) is 13.0 Å². The Morgan fingerprint density at radius 1 is 1.17 bits per heavy atom. The second-order valence-corrected chi connectivity index (χ2v) is 11.9. The Hall–Kier alpha value is -3.21. The number of rotatable bonds is 6. The predicted octanol–water partition coefficient (Wildman–Crippen LogP) is 5.10. The molecule has 0 saturated carbocycles. The highest BCUT2D eigenvalue weighted by atomic mass is 32.2. The number of carbonyl (C=O) groups is 1. The van der Waals surface area contributed by atoms with Gasteiger partial charge in [0.2, 0.25) is 10.0 Å². The number of amides is 1. The van der Waals surface area contributed by atoms with E-state index in [1.165, 1.54) is 50.9 Å². The molecule has 5 rings (SSSR count). The van der Waals surface area contributed by atoms with E-state index in [0.29, 0.717) is 34.4 Å². The first-order valence-corrected chi connectivity index (χ1v) is 13.9. The number of benzene rings is 2. The monoisotopic (exact) mass is 524 g/mol. The largest absolute Gasteiger partial charge is 0.279 e. The number of carbonyl (C=O) groups excluding carboxylic acids is 1. The zero-order valence-electron chi connectivity index (χ0n) is 19.7. The Labute approximate surface area is 213 Å². The van der Waals surface area contributed by atoms with Gasteiger partial charge in [0.15, 0.2) is 5.13 Å². The molecule has 1 aliphatic rings. The van der Waals surface area contributed by atoms with Crippen LogP contribution in [0.5, 0.6) is 0 Å². The zero-order chi connectivity index (χ0) is 25.3. The van der Waals surface area contributed by atoms with Crippen molar-refractivity contribution in [1.29, 1.82) is 0 Å². The Balaban J connectivity index is 1.46. The van der Waals surface area contributed by atoms with Crippen LogP contribution in [0.1, 0.15) is 35.7 Å². The number of halogens is 1. The topological polar surface area (TPSA) is 83.5 Å². The van der Waals surface area contributed by atoms with Gasteiger partial charge in [0, 0.05) is 31.0 Å². The van der Waals surface area contributed by atoms with Gasteiger partial charge in [0.05, 0.1) is 16.1 Å². The fraction of sp³-hybridized carbons (Fsp3) is 0.269. The molecule has 1 unspecified atom stereocenters. The van der Waals surface area contributed by atoms with Crippen molar-refractivity contribution >= 4 is 42.6 Å². The summed E-state index contributed by atoms with van der Waals surface area (Å²) in [6.45, 7) is 3.23. The first-order valence-electron chi connectivity index (χ1n) is 11.7. The van der Waals surface area contributed by atoms with Gasteiger partial charge in [-0.3, -0.25) is 14.7 Å².